The minimum Gasteiger partial charge on any atom is -0.450 e. The lowest BCUT2D eigenvalue weighted by Crippen LogP contribution is -2.46. The number of carbonyl (C=O) groups excluding carboxylic acids is 2. The molecule has 22 heavy (non-hydrogen) atoms. The fraction of sp³-hybridized carbons (Fsp3) is 0.375. The van der Waals surface area contributed by atoms with Crippen LogP contribution in [0.3, 0.4) is 0 Å². The third-order valence-corrected chi connectivity index (χ3v) is 3.47. The molecule has 0 saturated carbocycles. The van der Waals surface area contributed by atoms with E-state index in [1.807, 2.05) is 37.4 Å². The standard InChI is InChI=1S/C16H21N3O3/c1-2-3-8-22-16(21)19-14(15(17)20)9-11-10-18-13-7-5-4-6-12(11)13/h4-7,10,14,18H,2-3,8-9H2,1H3,(H2,17,20)(H,19,21). The highest BCUT2D eigenvalue weighted by molar-refractivity contribution is 5.87. The molecule has 1 heterocycles. The summed E-state index contributed by atoms with van der Waals surface area (Å²) in [7, 11) is 0. The van der Waals surface area contributed by atoms with Crippen LogP contribution in [0, 0.1) is 0 Å². The third kappa shape index (κ3) is 4.00. The molecule has 0 radical (unpaired) electrons. The number of carbonyl (C=O) groups is 2. The Labute approximate surface area is 129 Å². The van der Waals surface area contributed by atoms with Gasteiger partial charge >= 0.3 is 6.09 Å². The summed E-state index contributed by atoms with van der Waals surface area (Å²) in [6.45, 7) is 2.34. The number of primary amides is 1. The lowest BCUT2D eigenvalue weighted by molar-refractivity contribution is -0.119. The van der Waals surface area contributed by atoms with Gasteiger partial charge < -0.3 is 20.8 Å². The number of nitrogens with one attached hydrogen (secondary N) is 2. The van der Waals surface area contributed by atoms with Crippen molar-refractivity contribution in [1.29, 1.82) is 0 Å². The van der Waals surface area contributed by atoms with Crippen LogP contribution in [0.2, 0.25) is 0 Å². The fourth-order valence-electron chi connectivity index (χ4n) is 2.24. The van der Waals surface area contributed by atoms with Crippen LogP contribution in [-0.2, 0) is 16.0 Å². The molecule has 0 aliphatic rings. The van der Waals surface area contributed by atoms with Gasteiger partial charge in [0.05, 0.1) is 6.61 Å². The number of para-hydroxylation sites is 1. The number of benzene rings is 1. The Balaban J connectivity index is 2.03. The second-order valence-corrected chi connectivity index (χ2v) is 5.15. The summed E-state index contributed by atoms with van der Waals surface area (Å²) in [5, 5.41) is 3.54. The molecule has 1 aromatic carbocycles. The molecular formula is C16H21N3O3. The molecule has 0 saturated heterocycles. The SMILES string of the molecule is CCCCOC(=O)NC(Cc1c[nH]c2ccccc12)C(N)=O. The first-order chi connectivity index (χ1) is 10.6. The van der Waals surface area contributed by atoms with Crippen LogP contribution in [0.25, 0.3) is 10.9 Å². The monoisotopic (exact) mass is 303 g/mol. The van der Waals surface area contributed by atoms with E-state index in [0.29, 0.717) is 13.0 Å². The Kier molecular flexibility index (Phi) is 5.41. The fourth-order valence-corrected chi connectivity index (χ4v) is 2.24. The molecule has 0 aliphatic carbocycles. The number of hydrogen-bond acceptors (Lipinski definition) is 3. The van der Waals surface area contributed by atoms with E-state index < -0.39 is 18.0 Å². The number of fused-ring (bicyclic) bond motifs is 1. The van der Waals surface area contributed by atoms with Gasteiger partial charge in [-0.1, -0.05) is 31.5 Å². The maximum Gasteiger partial charge on any atom is 0.407 e. The van der Waals surface area contributed by atoms with E-state index in [-0.39, 0.29) is 0 Å². The van der Waals surface area contributed by atoms with Crippen LogP contribution in [0.1, 0.15) is 25.3 Å². The summed E-state index contributed by atoms with van der Waals surface area (Å²) < 4.78 is 5.00. The number of aromatic amines is 1. The molecule has 4 N–H and O–H groups in total. The summed E-state index contributed by atoms with van der Waals surface area (Å²) in [5.41, 5.74) is 7.28. The van der Waals surface area contributed by atoms with Crippen molar-refractivity contribution in [3.05, 3.63) is 36.0 Å². The van der Waals surface area contributed by atoms with Gasteiger partial charge in [-0.25, -0.2) is 4.79 Å². The van der Waals surface area contributed by atoms with Gasteiger partial charge in [-0.05, 0) is 18.1 Å². The van der Waals surface area contributed by atoms with Gasteiger partial charge in [0.1, 0.15) is 6.04 Å². The van der Waals surface area contributed by atoms with Crippen molar-refractivity contribution in [1.82, 2.24) is 10.3 Å². The number of hydrogen-bond donors (Lipinski definition) is 3. The van der Waals surface area contributed by atoms with Gasteiger partial charge in [0.15, 0.2) is 0 Å². The summed E-state index contributed by atoms with van der Waals surface area (Å²) in [6.07, 6.45) is 3.25. The molecule has 0 spiro atoms. The van der Waals surface area contributed by atoms with Crippen LogP contribution in [0.4, 0.5) is 4.79 Å². The van der Waals surface area contributed by atoms with Crippen LogP contribution in [0.5, 0.6) is 0 Å². The van der Waals surface area contributed by atoms with Gasteiger partial charge in [0, 0.05) is 23.5 Å². The lowest BCUT2D eigenvalue weighted by atomic mass is 10.0. The van der Waals surface area contributed by atoms with Crippen LogP contribution in [-0.4, -0.2) is 29.6 Å². The van der Waals surface area contributed by atoms with Crippen molar-refractivity contribution in [3.8, 4) is 0 Å². The molecule has 6 nitrogen and oxygen atoms in total. The zero-order valence-electron chi connectivity index (χ0n) is 12.6. The molecule has 2 rings (SSSR count). The number of ether oxygens (including phenoxy) is 1. The minimum atomic E-state index is -0.798. The number of H-pyrrole nitrogens is 1. The molecule has 118 valence electrons. The van der Waals surface area contributed by atoms with Crippen molar-refractivity contribution in [3.63, 3.8) is 0 Å². The number of alkyl carbamates (subject to hydrolysis) is 1. The zero-order valence-corrected chi connectivity index (χ0v) is 12.6. The molecule has 2 amide bonds. The van der Waals surface area contributed by atoms with E-state index in [0.717, 1.165) is 29.3 Å². The highest BCUT2D eigenvalue weighted by Crippen LogP contribution is 2.19. The second-order valence-electron chi connectivity index (χ2n) is 5.15. The third-order valence-electron chi connectivity index (χ3n) is 3.47. The number of rotatable bonds is 7. The Morgan fingerprint density at radius 3 is 2.86 bits per heavy atom. The molecule has 1 aromatic heterocycles. The highest BCUT2D eigenvalue weighted by atomic mass is 16.5. The smallest absolute Gasteiger partial charge is 0.407 e. The maximum atomic E-state index is 11.7. The molecule has 0 aliphatic heterocycles. The van der Waals surface area contributed by atoms with Gasteiger partial charge in [-0.2, -0.15) is 0 Å². The van der Waals surface area contributed by atoms with E-state index in [1.54, 1.807) is 0 Å². The average molecular weight is 303 g/mol. The Morgan fingerprint density at radius 1 is 1.36 bits per heavy atom. The topological polar surface area (TPSA) is 97.2 Å². The summed E-state index contributed by atoms with van der Waals surface area (Å²) >= 11 is 0. The Bertz CT molecular complexity index is 651. The van der Waals surface area contributed by atoms with Crippen molar-refractivity contribution in [2.45, 2.75) is 32.2 Å². The number of unbranched alkanes of at least 4 members (excludes halogenated alkanes) is 1. The molecule has 2 aromatic rings. The van der Waals surface area contributed by atoms with E-state index in [2.05, 4.69) is 10.3 Å². The Morgan fingerprint density at radius 2 is 2.14 bits per heavy atom. The predicted octanol–water partition coefficient (Wildman–Crippen LogP) is 2.09. The van der Waals surface area contributed by atoms with Crippen molar-refractivity contribution in [2.24, 2.45) is 5.73 Å². The number of nitrogens with two attached hydrogens (primary N) is 1. The summed E-state index contributed by atoms with van der Waals surface area (Å²) in [5.74, 6) is -0.585. The van der Waals surface area contributed by atoms with Crippen LogP contribution >= 0.6 is 0 Å². The molecule has 0 fully saturated rings. The largest absolute Gasteiger partial charge is 0.450 e. The van der Waals surface area contributed by atoms with Gasteiger partial charge in [-0.15, -0.1) is 0 Å². The molecule has 1 unspecified atom stereocenters. The van der Waals surface area contributed by atoms with Crippen molar-refractivity contribution >= 4 is 22.9 Å². The van der Waals surface area contributed by atoms with Crippen molar-refractivity contribution < 1.29 is 14.3 Å². The zero-order chi connectivity index (χ0) is 15.9. The van der Waals surface area contributed by atoms with Gasteiger partial charge in [0.25, 0.3) is 0 Å². The summed E-state index contributed by atoms with van der Waals surface area (Å²) in [6, 6.07) is 6.96. The first-order valence-corrected chi connectivity index (χ1v) is 7.39. The molecule has 1 atom stereocenters. The van der Waals surface area contributed by atoms with Crippen LogP contribution < -0.4 is 11.1 Å². The Hall–Kier alpha value is -2.50. The minimum absolute atomic E-state index is 0.322. The number of aromatic nitrogens is 1. The van der Waals surface area contributed by atoms with Crippen LogP contribution in [0.15, 0.2) is 30.5 Å². The molecule has 6 heteroatoms. The average Bonchev–Trinajstić information content (AvgIpc) is 2.90. The second kappa shape index (κ2) is 7.49. The normalized spacial score (nSPS) is 12.0. The lowest BCUT2D eigenvalue weighted by Gasteiger charge is -2.15. The van der Waals surface area contributed by atoms with E-state index in [9.17, 15) is 9.59 Å². The van der Waals surface area contributed by atoms with E-state index >= 15 is 0 Å². The first kappa shape index (κ1) is 15.9. The van der Waals surface area contributed by atoms with Crippen molar-refractivity contribution in [2.75, 3.05) is 6.61 Å². The number of amides is 2. The quantitative estimate of drug-likeness (QED) is 0.683. The first-order valence-electron chi connectivity index (χ1n) is 7.39. The predicted molar refractivity (Wildman–Crippen MR) is 84.4 cm³/mol. The molecule has 0 bridgehead atoms. The van der Waals surface area contributed by atoms with Gasteiger partial charge in [-0.3, -0.25) is 4.79 Å². The van der Waals surface area contributed by atoms with E-state index in [1.165, 1.54) is 0 Å². The maximum absolute atomic E-state index is 11.7. The summed E-state index contributed by atoms with van der Waals surface area (Å²) in [4.78, 5) is 26.4. The van der Waals surface area contributed by atoms with E-state index in [4.69, 9.17) is 10.5 Å². The molecular weight excluding hydrogens is 282 g/mol. The highest BCUT2D eigenvalue weighted by Gasteiger charge is 2.20. The van der Waals surface area contributed by atoms with Gasteiger partial charge in [0.2, 0.25) is 5.91 Å².